The Labute approximate surface area is 86.3 Å². The molecule has 1 aromatic heterocycles. The molecule has 2 aromatic rings. The number of nitrogens with one attached hydrogen (secondary N) is 1. The number of tetrazole rings is 1. The van der Waals surface area contributed by atoms with Gasteiger partial charge in [-0.05, 0) is 29.8 Å². The van der Waals surface area contributed by atoms with Crippen molar-refractivity contribution < 1.29 is 8.42 Å². The fourth-order valence-corrected chi connectivity index (χ4v) is 2.27. The lowest BCUT2D eigenvalue weighted by Crippen LogP contribution is -2.04. The molecular weight excluding hydrogens is 216 g/mol. The zero-order valence-corrected chi connectivity index (χ0v) is 8.69. The maximum atomic E-state index is 11.9. The van der Waals surface area contributed by atoms with Gasteiger partial charge in [-0.2, -0.15) is 5.21 Å². The molecule has 0 spiro atoms. The van der Waals surface area contributed by atoms with Gasteiger partial charge in [0, 0.05) is 0 Å². The Bertz CT molecular complexity index is 562. The molecule has 0 atom stereocenters. The Morgan fingerprint density at radius 2 is 2.13 bits per heavy atom. The highest BCUT2D eigenvalue weighted by Gasteiger charge is 2.22. The van der Waals surface area contributed by atoms with E-state index in [1.54, 1.807) is 12.1 Å². The van der Waals surface area contributed by atoms with Crippen molar-refractivity contribution in [3.05, 3.63) is 29.8 Å². The first-order valence-corrected chi connectivity index (χ1v) is 5.64. The van der Waals surface area contributed by atoms with Crippen molar-refractivity contribution in [2.45, 2.75) is 17.0 Å². The van der Waals surface area contributed by atoms with Gasteiger partial charge in [-0.1, -0.05) is 17.2 Å². The van der Waals surface area contributed by atoms with E-state index in [-0.39, 0.29) is 10.1 Å². The summed E-state index contributed by atoms with van der Waals surface area (Å²) in [6.45, 7) is 1.81. The lowest BCUT2D eigenvalue weighted by atomic mass is 10.2. The number of nitrogens with zero attached hydrogens (tertiary/aromatic N) is 3. The SMILES string of the molecule is Cc1cccc(S(=O)(=O)c2nn[nH]n2)c1. The third kappa shape index (κ3) is 1.73. The van der Waals surface area contributed by atoms with Gasteiger partial charge < -0.3 is 0 Å². The molecule has 1 heterocycles. The van der Waals surface area contributed by atoms with Crippen LogP contribution in [0.4, 0.5) is 0 Å². The average molecular weight is 224 g/mol. The van der Waals surface area contributed by atoms with E-state index in [4.69, 9.17) is 0 Å². The molecule has 1 aromatic carbocycles. The molecule has 6 nitrogen and oxygen atoms in total. The highest BCUT2D eigenvalue weighted by molar-refractivity contribution is 7.91. The fourth-order valence-electron chi connectivity index (χ4n) is 1.15. The van der Waals surface area contributed by atoms with E-state index < -0.39 is 9.84 Å². The Balaban J connectivity index is 2.57. The summed E-state index contributed by atoms with van der Waals surface area (Å²) in [4.78, 5) is 0.170. The van der Waals surface area contributed by atoms with Crippen LogP contribution in [0.2, 0.25) is 0 Å². The molecule has 0 fully saturated rings. The minimum atomic E-state index is -3.63. The topological polar surface area (TPSA) is 88.6 Å². The summed E-state index contributed by atoms with van der Waals surface area (Å²) >= 11 is 0. The number of aromatic nitrogens is 4. The first-order chi connectivity index (χ1) is 7.10. The molecule has 7 heteroatoms. The first kappa shape index (κ1) is 9.78. The third-order valence-electron chi connectivity index (χ3n) is 1.87. The van der Waals surface area contributed by atoms with Crippen LogP contribution in [-0.4, -0.2) is 29.0 Å². The van der Waals surface area contributed by atoms with E-state index in [0.717, 1.165) is 5.56 Å². The predicted octanol–water partition coefficient (Wildman–Crippen LogP) is 0.341. The first-order valence-electron chi connectivity index (χ1n) is 4.16. The molecule has 0 saturated carbocycles. The van der Waals surface area contributed by atoms with Crippen molar-refractivity contribution in [1.82, 2.24) is 20.6 Å². The second-order valence-electron chi connectivity index (χ2n) is 3.01. The van der Waals surface area contributed by atoms with Crippen LogP contribution in [-0.2, 0) is 9.84 Å². The number of hydrogen-bond donors (Lipinski definition) is 1. The molecule has 1 N–H and O–H groups in total. The molecule has 2 rings (SSSR count). The minimum absolute atomic E-state index is 0.170. The second kappa shape index (κ2) is 3.43. The summed E-state index contributed by atoms with van der Waals surface area (Å²) < 4.78 is 23.7. The Morgan fingerprint density at radius 3 is 2.73 bits per heavy atom. The quantitative estimate of drug-likeness (QED) is 0.794. The monoisotopic (exact) mass is 224 g/mol. The smallest absolute Gasteiger partial charge is 0.215 e. The van der Waals surface area contributed by atoms with Crippen LogP contribution in [0.25, 0.3) is 0 Å². The van der Waals surface area contributed by atoms with Crippen molar-refractivity contribution in [3.63, 3.8) is 0 Å². The predicted molar refractivity (Wildman–Crippen MR) is 50.8 cm³/mol. The maximum Gasteiger partial charge on any atom is 0.292 e. The summed E-state index contributed by atoms with van der Waals surface area (Å²) in [7, 11) is -3.63. The number of sulfone groups is 1. The van der Waals surface area contributed by atoms with E-state index in [9.17, 15) is 8.42 Å². The minimum Gasteiger partial charge on any atom is -0.215 e. The number of benzene rings is 1. The largest absolute Gasteiger partial charge is 0.292 e. The third-order valence-corrected chi connectivity index (χ3v) is 3.39. The molecule has 0 unspecified atom stereocenters. The summed E-state index contributed by atoms with van der Waals surface area (Å²) in [5.74, 6) is 0. The van der Waals surface area contributed by atoms with Gasteiger partial charge in [-0.3, -0.25) is 0 Å². The normalized spacial score (nSPS) is 11.5. The van der Waals surface area contributed by atoms with E-state index in [0.29, 0.717) is 0 Å². The zero-order valence-electron chi connectivity index (χ0n) is 7.88. The van der Waals surface area contributed by atoms with Crippen molar-refractivity contribution in [2.24, 2.45) is 0 Å². The summed E-state index contributed by atoms with van der Waals surface area (Å²) in [6.07, 6.45) is 0. The van der Waals surface area contributed by atoms with Crippen LogP contribution >= 0.6 is 0 Å². The molecule has 0 aliphatic carbocycles. The Kier molecular flexibility index (Phi) is 2.24. The molecule has 15 heavy (non-hydrogen) atoms. The van der Waals surface area contributed by atoms with E-state index in [1.807, 2.05) is 13.0 Å². The van der Waals surface area contributed by atoms with Crippen LogP contribution in [0.3, 0.4) is 0 Å². The summed E-state index contributed by atoms with van der Waals surface area (Å²) in [5, 5.41) is 11.9. The number of aryl methyl sites for hydroxylation is 1. The van der Waals surface area contributed by atoms with Crippen molar-refractivity contribution in [3.8, 4) is 0 Å². The van der Waals surface area contributed by atoms with Gasteiger partial charge in [0.2, 0.25) is 9.84 Å². The maximum absolute atomic E-state index is 11.9. The molecule has 0 bridgehead atoms. The van der Waals surface area contributed by atoms with Gasteiger partial charge in [0.05, 0.1) is 4.90 Å². The van der Waals surface area contributed by atoms with Crippen LogP contribution in [0, 0.1) is 6.92 Å². The fraction of sp³-hybridized carbons (Fsp3) is 0.125. The summed E-state index contributed by atoms with van der Waals surface area (Å²) in [6, 6.07) is 6.54. The van der Waals surface area contributed by atoms with Gasteiger partial charge >= 0.3 is 0 Å². The molecule has 0 aliphatic rings. The van der Waals surface area contributed by atoms with E-state index in [1.165, 1.54) is 6.07 Å². The molecule has 0 amide bonds. The zero-order chi connectivity index (χ0) is 10.9. The van der Waals surface area contributed by atoms with Crippen molar-refractivity contribution >= 4 is 9.84 Å². The van der Waals surface area contributed by atoms with Gasteiger partial charge in [-0.15, -0.1) is 5.10 Å². The molecular formula is C8H8N4O2S. The Hall–Kier alpha value is -1.76. The van der Waals surface area contributed by atoms with Crippen LogP contribution in [0.15, 0.2) is 34.3 Å². The van der Waals surface area contributed by atoms with Gasteiger partial charge in [0.1, 0.15) is 0 Å². The molecule has 78 valence electrons. The van der Waals surface area contributed by atoms with Crippen molar-refractivity contribution in [2.75, 3.05) is 0 Å². The number of hydrogen-bond acceptors (Lipinski definition) is 5. The lowest BCUT2D eigenvalue weighted by molar-refractivity contribution is 0.587. The van der Waals surface area contributed by atoms with Gasteiger partial charge in [-0.25, -0.2) is 8.42 Å². The van der Waals surface area contributed by atoms with Gasteiger partial charge in [0.25, 0.3) is 5.16 Å². The standard InChI is InChI=1S/C8H8N4O2S/c1-6-3-2-4-7(5-6)15(13,14)8-9-11-12-10-8/h2-5H,1H3,(H,9,10,11,12). The lowest BCUT2D eigenvalue weighted by Gasteiger charge is -1.99. The van der Waals surface area contributed by atoms with Gasteiger partial charge in [0.15, 0.2) is 0 Å². The van der Waals surface area contributed by atoms with Crippen LogP contribution < -0.4 is 0 Å². The Morgan fingerprint density at radius 1 is 1.33 bits per heavy atom. The molecule has 0 aliphatic heterocycles. The second-order valence-corrected chi connectivity index (χ2v) is 4.86. The van der Waals surface area contributed by atoms with Crippen molar-refractivity contribution in [1.29, 1.82) is 0 Å². The van der Waals surface area contributed by atoms with E-state index >= 15 is 0 Å². The van der Waals surface area contributed by atoms with E-state index in [2.05, 4.69) is 20.6 Å². The number of H-pyrrole nitrogens is 1. The van der Waals surface area contributed by atoms with Crippen LogP contribution in [0.5, 0.6) is 0 Å². The highest BCUT2D eigenvalue weighted by Crippen LogP contribution is 2.16. The highest BCUT2D eigenvalue weighted by atomic mass is 32.2. The molecule has 0 radical (unpaired) electrons. The number of aromatic amines is 1. The van der Waals surface area contributed by atoms with Crippen LogP contribution in [0.1, 0.15) is 5.56 Å². The number of rotatable bonds is 2. The molecule has 0 saturated heterocycles. The summed E-state index contributed by atoms with van der Waals surface area (Å²) in [5.41, 5.74) is 0.861. The average Bonchev–Trinajstić information content (AvgIpc) is 2.71.